The lowest BCUT2D eigenvalue weighted by molar-refractivity contribution is -0.136. The Morgan fingerprint density at radius 3 is 2.86 bits per heavy atom. The van der Waals surface area contributed by atoms with Crippen LogP contribution >= 0.6 is 0 Å². The zero-order valence-corrected chi connectivity index (χ0v) is 12.5. The second kappa shape index (κ2) is 10.8. The molecule has 0 amide bonds. The summed E-state index contributed by atoms with van der Waals surface area (Å²) in [7, 11) is 0. The normalized spacial score (nSPS) is 19.9. The summed E-state index contributed by atoms with van der Waals surface area (Å²) in [6.45, 7) is 2.12. The summed E-state index contributed by atoms with van der Waals surface area (Å²) in [4.78, 5) is 10.3. The summed E-state index contributed by atoms with van der Waals surface area (Å²) in [5.41, 5.74) is 0. The Morgan fingerprint density at radius 2 is 2.10 bits per heavy atom. The molecule has 2 atom stereocenters. The lowest BCUT2D eigenvalue weighted by Gasteiger charge is -1.90. The Labute approximate surface area is 127 Å². The van der Waals surface area contributed by atoms with Crippen molar-refractivity contribution in [3.05, 3.63) is 24.3 Å². The van der Waals surface area contributed by atoms with E-state index in [1.165, 1.54) is 0 Å². The largest absolute Gasteiger partial charge is 0.481 e. The maximum Gasteiger partial charge on any atom is 0.304 e. The number of carbonyl (C=O) groups is 1. The molecule has 21 heavy (non-hydrogen) atoms. The van der Waals surface area contributed by atoms with Crippen molar-refractivity contribution in [3.8, 4) is 23.7 Å². The van der Waals surface area contributed by atoms with Gasteiger partial charge in [0.2, 0.25) is 0 Å². The Kier molecular flexibility index (Phi) is 8.76. The number of rotatable bonds is 8. The molecular weight excluding hydrogens is 264 g/mol. The summed E-state index contributed by atoms with van der Waals surface area (Å²) in [6, 6.07) is 0. The van der Waals surface area contributed by atoms with Gasteiger partial charge >= 0.3 is 5.97 Å². The fraction of sp³-hybridized carbons (Fsp3) is 0.500. The van der Waals surface area contributed by atoms with Crippen molar-refractivity contribution in [2.24, 2.45) is 0 Å². The van der Waals surface area contributed by atoms with Crippen LogP contribution in [-0.4, -0.2) is 23.3 Å². The van der Waals surface area contributed by atoms with Crippen molar-refractivity contribution in [2.75, 3.05) is 0 Å². The number of carboxylic acids is 1. The van der Waals surface area contributed by atoms with E-state index in [4.69, 9.17) is 9.84 Å². The Hall–Kier alpha value is -1.97. The summed E-state index contributed by atoms with van der Waals surface area (Å²) in [5.74, 6) is 10.2. The van der Waals surface area contributed by atoms with Crippen molar-refractivity contribution in [1.29, 1.82) is 0 Å². The molecule has 1 aliphatic rings. The second-order valence-electron chi connectivity index (χ2n) is 4.76. The highest BCUT2D eigenvalue weighted by atomic mass is 16.6. The molecule has 0 aliphatic carbocycles. The van der Waals surface area contributed by atoms with E-state index in [9.17, 15) is 4.79 Å². The van der Waals surface area contributed by atoms with Gasteiger partial charge < -0.3 is 9.84 Å². The van der Waals surface area contributed by atoms with E-state index in [-0.39, 0.29) is 18.6 Å². The molecule has 0 unspecified atom stereocenters. The summed E-state index contributed by atoms with van der Waals surface area (Å²) >= 11 is 0. The molecule has 1 fully saturated rings. The van der Waals surface area contributed by atoms with Crippen LogP contribution < -0.4 is 0 Å². The Bertz CT molecular complexity index is 494. The highest BCUT2D eigenvalue weighted by molar-refractivity contribution is 5.67. The van der Waals surface area contributed by atoms with Gasteiger partial charge in [0, 0.05) is 6.42 Å². The first-order valence-corrected chi connectivity index (χ1v) is 7.41. The van der Waals surface area contributed by atoms with Gasteiger partial charge in [0.25, 0.3) is 0 Å². The second-order valence-corrected chi connectivity index (χ2v) is 4.76. The number of hydrogen-bond acceptors (Lipinski definition) is 2. The lowest BCUT2D eigenvalue weighted by atomic mass is 10.1. The summed E-state index contributed by atoms with van der Waals surface area (Å²) in [5, 5.41) is 8.43. The predicted molar refractivity (Wildman–Crippen MR) is 83.5 cm³/mol. The quantitative estimate of drug-likeness (QED) is 0.322. The minimum atomic E-state index is -0.831. The fourth-order valence-corrected chi connectivity index (χ4v) is 1.70. The third kappa shape index (κ3) is 9.55. The van der Waals surface area contributed by atoms with E-state index < -0.39 is 5.97 Å². The van der Waals surface area contributed by atoms with Gasteiger partial charge in [0.1, 0.15) is 6.10 Å². The monoisotopic (exact) mass is 286 g/mol. The number of aliphatic carboxylic acids is 1. The Morgan fingerprint density at radius 1 is 1.29 bits per heavy atom. The van der Waals surface area contributed by atoms with Gasteiger partial charge in [-0.15, -0.1) is 0 Å². The van der Waals surface area contributed by atoms with Crippen LogP contribution in [0.5, 0.6) is 0 Å². The van der Waals surface area contributed by atoms with E-state index in [0.29, 0.717) is 6.42 Å². The average Bonchev–Trinajstić information content (AvgIpc) is 3.20. The van der Waals surface area contributed by atoms with Crippen LogP contribution in [0.25, 0.3) is 0 Å². The number of carboxylic acid groups (broad SMARTS) is 1. The smallest absolute Gasteiger partial charge is 0.304 e. The highest BCUT2D eigenvalue weighted by Crippen LogP contribution is 2.26. The van der Waals surface area contributed by atoms with Crippen molar-refractivity contribution >= 4 is 5.97 Å². The average molecular weight is 286 g/mol. The van der Waals surface area contributed by atoms with Gasteiger partial charge in [0.05, 0.1) is 12.5 Å². The molecule has 0 aromatic heterocycles. The molecule has 112 valence electrons. The van der Waals surface area contributed by atoms with Gasteiger partial charge in [-0.3, -0.25) is 4.79 Å². The first kappa shape index (κ1) is 17.1. The maximum absolute atomic E-state index is 10.3. The van der Waals surface area contributed by atoms with E-state index in [1.807, 2.05) is 0 Å². The SMILES string of the molecule is CC/C=C\C=C/CCC[C@H]1O[C@@H]1C#CC#CCCC(=O)O. The molecule has 0 bridgehead atoms. The highest BCUT2D eigenvalue weighted by Gasteiger charge is 2.36. The minimum Gasteiger partial charge on any atom is -0.481 e. The molecule has 1 aliphatic heterocycles. The van der Waals surface area contributed by atoms with Crippen molar-refractivity contribution in [2.45, 2.75) is 57.7 Å². The van der Waals surface area contributed by atoms with Crippen LogP contribution in [-0.2, 0) is 9.53 Å². The fourth-order valence-electron chi connectivity index (χ4n) is 1.70. The predicted octanol–water partition coefficient (Wildman–Crippen LogP) is 3.32. The van der Waals surface area contributed by atoms with Crippen LogP contribution in [0.3, 0.4) is 0 Å². The zero-order chi connectivity index (χ0) is 15.3. The molecular formula is C18H22O3. The molecule has 0 radical (unpaired) electrons. The number of hydrogen-bond donors (Lipinski definition) is 1. The third-order valence-electron chi connectivity index (χ3n) is 2.89. The number of allylic oxidation sites excluding steroid dienone is 4. The van der Waals surface area contributed by atoms with Gasteiger partial charge in [-0.25, -0.2) is 0 Å². The minimum absolute atomic E-state index is 0.0164. The van der Waals surface area contributed by atoms with E-state index >= 15 is 0 Å². The standard InChI is InChI=1S/C18H22O3/c1-2-3-4-5-6-7-10-13-16-17(21-16)14-11-8-9-12-15-18(19)20/h3-6,16-17H,2,7,10,12-13,15H2,1H3,(H,19,20)/b4-3-,6-5-/t16-,17-/m1/s1. The molecule has 0 aromatic carbocycles. The molecule has 0 saturated carbocycles. The maximum atomic E-state index is 10.3. The molecule has 0 aromatic rings. The molecule has 1 heterocycles. The van der Waals surface area contributed by atoms with Gasteiger partial charge in [-0.05, 0) is 37.5 Å². The molecule has 1 rings (SSSR count). The van der Waals surface area contributed by atoms with Gasteiger partial charge in [-0.1, -0.05) is 43.1 Å². The third-order valence-corrected chi connectivity index (χ3v) is 2.89. The molecule has 3 heteroatoms. The summed E-state index contributed by atoms with van der Waals surface area (Å²) < 4.78 is 5.43. The van der Waals surface area contributed by atoms with Crippen molar-refractivity contribution in [1.82, 2.24) is 0 Å². The van der Waals surface area contributed by atoms with Crippen LogP contribution in [0.2, 0.25) is 0 Å². The molecule has 3 nitrogen and oxygen atoms in total. The van der Waals surface area contributed by atoms with Gasteiger partial charge in [0.15, 0.2) is 0 Å². The van der Waals surface area contributed by atoms with Gasteiger partial charge in [-0.2, -0.15) is 0 Å². The molecule has 1 saturated heterocycles. The molecule has 0 spiro atoms. The van der Waals surface area contributed by atoms with E-state index in [1.54, 1.807) is 0 Å². The number of unbranched alkanes of at least 4 members (excludes halogenated alkanes) is 1. The van der Waals surface area contributed by atoms with Crippen LogP contribution in [0.15, 0.2) is 24.3 Å². The lowest BCUT2D eigenvalue weighted by Crippen LogP contribution is -1.91. The van der Waals surface area contributed by atoms with Crippen LogP contribution in [0.1, 0.15) is 45.4 Å². The summed E-state index contributed by atoms with van der Waals surface area (Å²) in [6.07, 6.45) is 13.4. The zero-order valence-electron chi connectivity index (χ0n) is 12.5. The molecule has 1 N–H and O–H groups in total. The number of epoxide rings is 1. The topological polar surface area (TPSA) is 49.8 Å². The first-order valence-electron chi connectivity index (χ1n) is 7.41. The van der Waals surface area contributed by atoms with E-state index in [0.717, 1.165) is 25.7 Å². The first-order chi connectivity index (χ1) is 10.2. The van der Waals surface area contributed by atoms with Crippen LogP contribution in [0, 0.1) is 23.7 Å². The van der Waals surface area contributed by atoms with Crippen molar-refractivity contribution < 1.29 is 14.6 Å². The van der Waals surface area contributed by atoms with Crippen LogP contribution in [0.4, 0.5) is 0 Å². The Balaban J connectivity index is 2.05. The van der Waals surface area contributed by atoms with Crippen molar-refractivity contribution in [3.63, 3.8) is 0 Å². The van der Waals surface area contributed by atoms with E-state index in [2.05, 4.69) is 54.9 Å². The number of ether oxygens (including phenoxy) is 1.